The van der Waals surface area contributed by atoms with Gasteiger partial charge in [0.15, 0.2) is 6.61 Å². The summed E-state index contributed by atoms with van der Waals surface area (Å²) >= 11 is 13.5. The van der Waals surface area contributed by atoms with Crippen molar-refractivity contribution in [1.82, 2.24) is 4.90 Å². The zero-order chi connectivity index (χ0) is 18.1. The number of thiophene rings is 1. The molecule has 0 saturated carbocycles. The van der Waals surface area contributed by atoms with Crippen LogP contribution in [-0.4, -0.2) is 36.5 Å². The first-order valence-corrected chi connectivity index (χ1v) is 9.75. The standard InChI is InChI=1S/C18H19Cl2NO3S/c1-10-5-11(2)8-21(7-10)15(22)9-24-18(23)17-16(20)13-4-3-12(19)6-14(13)25-17/h3-4,6,10-11H,5,7-9H2,1-2H3. The van der Waals surface area contributed by atoms with Crippen LogP contribution in [0, 0.1) is 11.8 Å². The predicted octanol–water partition coefficient (Wildman–Crippen LogP) is 4.87. The Morgan fingerprint density at radius 1 is 1.24 bits per heavy atom. The molecule has 2 aromatic rings. The number of fused-ring (bicyclic) bond motifs is 1. The lowest BCUT2D eigenvalue weighted by atomic mass is 9.92. The van der Waals surface area contributed by atoms with Gasteiger partial charge in [0.1, 0.15) is 4.88 Å². The van der Waals surface area contributed by atoms with Crippen molar-refractivity contribution in [2.75, 3.05) is 19.7 Å². The number of carbonyl (C=O) groups is 2. The van der Waals surface area contributed by atoms with Crippen LogP contribution in [0.15, 0.2) is 18.2 Å². The van der Waals surface area contributed by atoms with Crippen molar-refractivity contribution in [3.05, 3.63) is 33.1 Å². The molecule has 0 radical (unpaired) electrons. The van der Waals surface area contributed by atoms with Crippen LogP contribution in [0.2, 0.25) is 10.0 Å². The number of esters is 1. The summed E-state index contributed by atoms with van der Waals surface area (Å²) in [5.74, 6) is 0.191. The van der Waals surface area contributed by atoms with Crippen LogP contribution in [0.4, 0.5) is 0 Å². The molecule has 0 aliphatic carbocycles. The Morgan fingerprint density at radius 3 is 2.60 bits per heavy atom. The van der Waals surface area contributed by atoms with Crippen molar-refractivity contribution in [2.24, 2.45) is 11.8 Å². The maximum atomic E-state index is 12.3. The number of carbonyl (C=O) groups excluding carboxylic acids is 2. The fourth-order valence-electron chi connectivity index (χ4n) is 3.32. The van der Waals surface area contributed by atoms with Crippen LogP contribution in [0.25, 0.3) is 10.1 Å². The second-order valence-corrected chi connectivity index (χ2v) is 8.57. The second kappa shape index (κ2) is 7.52. The maximum absolute atomic E-state index is 12.3. The highest BCUT2D eigenvalue weighted by molar-refractivity contribution is 7.21. The molecule has 1 aromatic heterocycles. The summed E-state index contributed by atoms with van der Waals surface area (Å²) in [6, 6.07) is 5.25. The number of amides is 1. The van der Waals surface area contributed by atoms with E-state index in [0.29, 0.717) is 39.8 Å². The molecule has 134 valence electrons. The van der Waals surface area contributed by atoms with E-state index in [1.54, 1.807) is 23.1 Å². The molecule has 1 aliphatic rings. The third-order valence-electron chi connectivity index (χ3n) is 4.33. The number of rotatable bonds is 3. The van der Waals surface area contributed by atoms with E-state index in [0.717, 1.165) is 16.5 Å². The number of hydrogen-bond acceptors (Lipinski definition) is 4. The minimum Gasteiger partial charge on any atom is -0.451 e. The molecule has 4 nitrogen and oxygen atoms in total. The van der Waals surface area contributed by atoms with Crippen molar-refractivity contribution in [1.29, 1.82) is 0 Å². The van der Waals surface area contributed by atoms with E-state index in [4.69, 9.17) is 27.9 Å². The molecule has 0 spiro atoms. The maximum Gasteiger partial charge on any atom is 0.350 e. The van der Waals surface area contributed by atoms with Gasteiger partial charge in [-0.3, -0.25) is 4.79 Å². The molecule has 1 aliphatic heterocycles. The van der Waals surface area contributed by atoms with Gasteiger partial charge in [0.25, 0.3) is 5.91 Å². The summed E-state index contributed by atoms with van der Waals surface area (Å²) in [6.45, 7) is 5.42. The summed E-state index contributed by atoms with van der Waals surface area (Å²) in [5, 5.41) is 1.68. The molecule has 1 fully saturated rings. The van der Waals surface area contributed by atoms with E-state index < -0.39 is 5.97 Å². The Balaban J connectivity index is 1.66. The number of likely N-dealkylation sites (tertiary alicyclic amines) is 1. The zero-order valence-electron chi connectivity index (χ0n) is 14.1. The minimum atomic E-state index is -0.575. The number of halogens is 2. The van der Waals surface area contributed by atoms with Gasteiger partial charge < -0.3 is 9.64 Å². The fraction of sp³-hybridized carbons (Fsp3) is 0.444. The van der Waals surface area contributed by atoms with Crippen molar-refractivity contribution >= 4 is 56.5 Å². The summed E-state index contributed by atoms with van der Waals surface area (Å²) in [5.41, 5.74) is 0. The molecule has 0 N–H and O–H groups in total. The molecule has 2 heterocycles. The fourth-order valence-corrected chi connectivity index (χ4v) is 5.00. The summed E-state index contributed by atoms with van der Waals surface area (Å²) in [4.78, 5) is 26.7. The summed E-state index contributed by atoms with van der Waals surface area (Å²) in [6.07, 6.45) is 1.11. The largest absolute Gasteiger partial charge is 0.451 e. The van der Waals surface area contributed by atoms with Crippen LogP contribution in [0.1, 0.15) is 29.9 Å². The lowest BCUT2D eigenvalue weighted by Gasteiger charge is -2.34. The number of piperidine rings is 1. The molecule has 2 unspecified atom stereocenters. The van der Waals surface area contributed by atoms with E-state index in [9.17, 15) is 9.59 Å². The number of hydrogen-bond donors (Lipinski definition) is 0. The molecular formula is C18H19Cl2NO3S. The van der Waals surface area contributed by atoms with Crippen LogP contribution in [0.3, 0.4) is 0 Å². The van der Waals surface area contributed by atoms with Gasteiger partial charge in [-0.25, -0.2) is 4.79 Å². The third-order valence-corrected chi connectivity index (χ3v) is 6.20. The second-order valence-electron chi connectivity index (χ2n) is 6.71. The zero-order valence-corrected chi connectivity index (χ0v) is 16.4. The highest BCUT2D eigenvalue weighted by Crippen LogP contribution is 2.37. The lowest BCUT2D eigenvalue weighted by molar-refractivity contribution is -0.137. The SMILES string of the molecule is CC1CC(C)CN(C(=O)COC(=O)c2sc3cc(Cl)ccc3c2Cl)C1. The number of nitrogens with zero attached hydrogens (tertiary/aromatic N) is 1. The molecule has 25 heavy (non-hydrogen) atoms. The molecule has 1 saturated heterocycles. The van der Waals surface area contributed by atoms with Crippen molar-refractivity contribution in [3.8, 4) is 0 Å². The molecular weight excluding hydrogens is 381 g/mol. The van der Waals surface area contributed by atoms with E-state index >= 15 is 0 Å². The van der Waals surface area contributed by atoms with Gasteiger partial charge in [-0.2, -0.15) is 0 Å². The van der Waals surface area contributed by atoms with E-state index in [1.165, 1.54) is 11.3 Å². The first-order valence-electron chi connectivity index (χ1n) is 8.17. The van der Waals surface area contributed by atoms with Crippen LogP contribution in [0.5, 0.6) is 0 Å². The van der Waals surface area contributed by atoms with E-state index in [2.05, 4.69) is 13.8 Å². The van der Waals surface area contributed by atoms with Crippen LogP contribution >= 0.6 is 34.5 Å². The van der Waals surface area contributed by atoms with E-state index in [-0.39, 0.29) is 12.5 Å². The van der Waals surface area contributed by atoms with Crippen molar-refractivity contribution in [2.45, 2.75) is 20.3 Å². The molecule has 0 bridgehead atoms. The van der Waals surface area contributed by atoms with Crippen LogP contribution < -0.4 is 0 Å². The Hall–Kier alpha value is -1.30. The van der Waals surface area contributed by atoms with Gasteiger partial charge in [-0.05, 0) is 30.4 Å². The smallest absolute Gasteiger partial charge is 0.350 e. The molecule has 7 heteroatoms. The molecule has 3 rings (SSSR count). The van der Waals surface area contributed by atoms with E-state index in [1.807, 2.05) is 0 Å². The number of ether oxygens (including phenoxy) is 1. The first-order chi connectivity index (χ1) is 11.8. The van der Waals surface area contributed by atoms with Crippen molar-refractivity contribution in [3.63, 3.8) is 0 Å². The Labute approximate surface area is 160 Å². The highest BCUT2D eigenvalue weighted by atomic mass is 35.5. The molecule has 2 atom stereocenters. The predicted molar refractivity (Wildman–Crippen MR) is 102 cm³/mol. The van der Waals surface area contributed by atoms with Crippen molar-refractivity contribution < 1.29 is 14.3 Å². The summed E-state index contributed by atoms with van der Waals surface area (Å²) < 4.78 is 6.03. The average Bonchev–Trinajstić information content (AvgIpc) is 2.87. The Morgan fingerprint density at radius 2 is 1.92 bits per heavy atom. The Bertz CT molecular complexity index is 810. The van der Waals surface area contributed by atoms with Crippen LogP contribution in [-0.2, 0) is 9.53 Å². The normalized spacial score (nSPS) is 20.7. The van der Waals surface area contributed by atoms with Gasteiger partial charge in [0, 0.05) is 28.2 Å². The third kappa shape index (κ3) is 4.10. The average molecular weight is 400 g/mol. The monoisotopic (exact) mass is 399 g/mol. The number of benzene rings is 1. The molecule has 1 aromatic carbocycles. The lowest BCUT2D eigenvalue weighted by Crippen LogP contribution is -2.44. The first kappa shape index (κ1) is 18.5. The van der Waals surface area contributed by atoms with Gasteiger partial charge in [0.2, 0.25) is 0 Å². The van der Waals surface area contributed by atoms with Gasteiger partial charge >= 0.3 is 5.97 Å². The summed E-state index contributed by atoms with van der Waals surface area (Å²) in [7, 11) is 0. The quantitative estimate of drug-likeness (QED) is 0.691. The Kier molecular flexibility index (Phi) is 5.56. The highest BCUT2D eigenvalue weighted by Gasteiger charge is 2.26. The van der Waals surface area contributed by atoms with Gasteiger partial charge in [0.05, 0.1) is 5.02 Å². The molecule has 1 amide bonds. The van der Waals surface area contributed by atoms with Gasteiger partial charge in [-0.1, -0.05) is 43.1 Å². The topological polar surface area (TPSA) is 46.6 Å². The minimum absolute atomic E-state index is 0.160. The van der Waals surface area contributed by atoms with Gasteiger partial charge in [-0.15, -0.1) is 11.3 Å².